The highest BCUT2D eigenvalue weighted by atomic mass is 79.9. The maximum atomic E-state index is 11.0. The van der Waals surface area contributed by atoms with Gasteiger partial charge in [0.05, 0.1) is 22.6 Å². The molecule has 0 unspecified atom stereocenters. The lowest BCUT2D eigenvalue weighted by atomic mass is 10.2. The maximum Gasteiger partial charge on any atom is 0.178 e. The molecule has 0 atom stereocenters. The predicted octanol–water partition coefficient (Wildman–Crippen LogP) is 2.23. The Morgan fingerprint density at radius 3 is 2.67 bits per heavy atom. The third-order valence-electron chi connectivity index (χ3n) is 1.92. The molecule has 4 nitrogen and oxygen atoms in total. The lowest BCUT2D eigenvalue weighted by molar-refractivity contribution is 0.101. The third-order valence-corrected chi connectivity index (χ3v) is 2.33. The maximum absolute atomic E-state index is 11.0. The van der Waals surface area contributed by atoms with Crippen LogP contribution >= 0.6 is 15.9 Å². The summed E-state index contributed by atoms with van der Waals surface area (Å²) in [5, 5.41) is 4.11. The van der Waals surface area contributed by atoms with Gasteiger partial charge in [0.15, 0.2) is 5.78 Å². The topological polar surface area (TPSA) is 47.8 Å². The van der Waals surface area contributed by atoms with Gasteiger partial charge in [0.1, 0.15) is 5.69 Å². The molecule has 5 heteroatoms. The average Bonchev–Trinajstić information content (AvgIpc) is 2.65. The van der Waals surface area contributed by atoms with E-state index in [-0.39, 0.29) is 5.78 Å². The van der Waals surface area contributed by atoms with Crippen LogP contribution in [0, 0.1) is 0 Å². The van der Waals surface area contributed by atoms with Crippen LogP contribution in [0.5, 0.6) is 0 Å². The standard InChI is InChI=1S/C10H8BrN3O/c1-7(15)10-3-2-9(5-12-10)14-6-8(11)4-13-14/h2-6H,1H3. The highest BCUT2D eigenvalue weighted by Crippen LogP contribution is 2.11. The number of nitrogens with zero attached hydrogens (tertiary/aromatic N) is 3. The Morgan fingerprint density at radius 2 is 2.20 bits per heavy atom. The molecule has 0 spiro atoms. The summed E-state index contributed by atoms with van der Waals surface area (Å²) in [6.07, 6.45) is 5.14. The molecule has 0 aliphatic rings. The SMILES string of the molecule is CC(=O)c1ccc(-n2cc(Br)cn2)cn1. The second-order valence-corrected chi connectivity index (χ2v) is 3.98. The van der Waals surface area contributed by atoms with E-state index in [1.807, 2.05) is 12.3 Å². The van der Waals surface area contributed by atoms with Gasteiger partial charge in [-0.05, 0) is 28.1 Å². The Morgan fingerprint density at radius 1 is 1.40 bits per heavy atom. The summed E-state index contributed by atoms with van der Waals surface area (Å²) in [5.74, 6) is -0.0387. The summed E-state index contributed by atoms with van der Waals surface area (Å²) < 4.78 is 2.58. The van der Waals surface area contributed by atoms with E-state index in [1.165, 1.54) is 6.92 Å². The van der Waals surface area contributed by atoms with E-state index in [1.54, 1.807) is 23.1 Å². The zero-order valence-electron chi connectivity index (χ0n) is 8.01. The molecule has 0 N–H and O–H groups in total. The van der Waals surface area contributed by atoms with Crippen LogP contribution in [0.15, 0.2) is 35.2 Å². The number of rotatable bonds is 2. The lowest BCUT2D eigenvalue weighted by Crippen LogP contribution is -1.99. The van der Waals surface area contributed by atoms with E-state index in [0.717, 1.165) is 10.2 Å². The molecule has 0 amide bonds. The molecule has 15 heavy (non-hydrogen) atoms. The molecule has 0 radical (unpaired) electrons. The van der Waals surface area contributed by atoms with Crippen LogP contribution in [0.3, 0.4) is 0 Å². The number of halogens is 1. The molecule has 0 fully saturated rings. The van der Waals surface area contributed by atoms with Crippen molar-refractivity contribution in [2.24, 2.45) is 0 Å². The monoisotopic (exact) mass is 265 g/mol. The van der Waals surface area contributed by atoms with Gasteiger partial charge < -0.3 is 0 Å². The summed E-state index contributed by atoms with van der Waals surface area (Å²) in [4.78, 5) is 15.0. The third kappa shape index (κ3) is 2.12. The largest absolute Gasteiger partial charge is 0.293 e. The first-order valence-electron chi connectivity index (χ1n) is 4.34. The number of pyridine rings is 1. The van der Waals surface area contributed by atoms with Crippen LogP contribution in [0.2, 0.25) is 0 Å². The van der Waals surface area contributed by atoms with Crippen LogP contribution in [-0.4, -0.2) is 20.5 Å². The van der Waals surface area contributed by atoms with Crippen LogP contribution in [-0.2, 0) is 0 Å². The van der Waals surface area contributed by atoms with Gasteiger partial charge in [0, 0.05) is 13.1 Å². The quantitative estimate of drug-likeness (QED) is 0.783. The fourth-order valence-corrected chi connectivity index (χ4v) is 1.46. The Bertz CT molecular complexity index is 490. The van der Waals surface area contributed by atoms with Crippen molar-refractivity contribution in [2.45, 2.75) is 6.92 Å². The number of aromatic nitrogens is 3. The molecule has 2 heterocycles. The summed E-state index contributed by atoms with van der Waals surface area (Å²) in [5.41, 5.74) is 1.29. The molecule has 2 rings (SSSR count). The van der Waals surface area contributed by atoms with Crippen LogP contribution in [0.1, 0.15) is 17.4 Å². The highest BCUT2D eigenvalue weighted by Gasteiger charge is 2.02. The van der Waals surface area contributed by atoms with Gasteiger partial charge in [-0.3, -0.25) is 9.78 Å². The fourth-order valence-electron chi connectivity index (χ4n) is 1.17. The van der Waals surface area contributed by atoms with Crippen molar-refractivity contribution in [3.05, 3.63) is 40.9 Å². The van der Waals surface area contributed by atoms with Crippen molar-refractivity contribution >= 4 is 21.7 Å². The molecule has 0 saturated heterocycles. The second-order valence-electron chi connectivity index (χ2n) is 3.06. The normalized spacial score (nSPS) is 10.3. The van der Waals surface area contributed by atoms with Crippen LogP contribution in [0.25, 0.3) is 5.69 Å². The van der Waals surface area contributed by atoms with E-state index >= 15 is 0 Å². The van der Waals surface area contributed by atoms with E-state index < -0.39 is 0 Å². The zero-order valence-corrected chi connectivity index (χ0v) is 9.60. The minimum Gasteiger partial charge on any atom is -0.293 e. The summed E-state index contributed by atoms with van der Waals surface area (Å²) in [6, 6.07) is 3.50. The molecular formula is C10H8BrN3O. The van der Waals surface area contributed by atoms with Gasteiger partial charge >= 0.3 is 0 Å². The number of ketones is 1. The van der Waals surface area contributed by atoms with Gasteiger partial charge in [-0.2, -0.15) is 5.10 Å². The first-order chi connectivity index (χ1) is 7.16. The minimum absolute atomic E-state index is 0.0387. The predicted molar refractivity (Wildman–Crippen MR) is 59.1 cm³/mol. The Labute approximate surface area is 95.1 Å². The number of carbonyl (C=O) groups is 1. The molecule has 76 valence electrons. The van der Waals surface area contributed by atoms with Crippen molar-refractivity contribution in [1.82, 2.24) is 14.8 Å². The molecule has 0 saturated carbocycles. The molecule has 2 aromatic rings. The van der Waals surface area contributed by atoms with E-state index in [0.29, 0.717) is 5.69 Å². The van der Waals surface area contributed by atoms with Gasteiger partial charge in [0.25, 0.3) is 0 Å². The van der Waals surface area contributed by atoms with Crippen molar-refractivity contribution in [3.63, 3.8) is 0 Å². The van der Waals surface area contributed by atoms with E-state index in [9.17, 15) is 4.79 Å². The smallest absolute Gasteiger partial charge is 0.178 e. The molecule has 0 aliphatic heterocycles. The number of carbonyl (C=O) groups excluding carboxylic acids is 1. The highest BCUT2D eigenvalue weighted by molar-refractivity contribution is 9.10. The number of hydrogen-bond donors (Lipinski definition) is 0. The fraction of sp³-hybridized carbons (Fsp3) is 0.100. The average molecular weight is 266 g/mol. The van der Waals surface area contributed by atoms with Crippen molar-refractivity contribution in [2.75, 3.05) is 0 Å². The first-order valence-corrected chi connectivity index (χ1v) is 5.13. The van der Waals surface area contributed by atoms with Crippen molar-refractivity contribution < 1.29 is 4.79 Å². The van der Waals surface area contributed by atoms with Crippen LogP contribution < -0.4 is 0 Å². The van der Waals surface area contributed by atoms with Gasteiger partial charge in [-0.15, -0.1) is 0 Å². The first kappa shape index (κ1) is 10.0. The van der Waals surface area contributed by atoms with E-state index in [4.69, 9.17) is 0 Å². The van der Waals surface area contributed by atoms with E-state index in [2.05, 4.69) is 26.0 Å². The number of Topliss-reactive ketones (excluding diaryl/α,β-unsaturated/α-hetero) is 1. The molecule has 0 aromatic carbocycles. The molecule has 0 aliphatic carbocycles. The van der Waals surface area contributed by atoms with Gasteiger partial charge in [-0.25, -0.2) is 4.68 Å². The zero-order chi connectivity index (χ0) is 10.8. The minimum atomic E-state index is -0.0387. The van der Waals surface area contributed by atoms with Crippen molar-refractivity contribution in [1.29, 1.82) is 0 Å². The van der Waals surface area contributed by atoms with Crippen molar-refractivity contribution in [3.8, 4) is 5.69 Å². The van der Waals surface area contributed by atoms with Crippen LogP contribution in [0.4, 0.5) is 0 Å². The summed E-state index contributed by atoms with van der Waals surface area (Å²) >= 11 is 3.31. The number of hydrogen-bond acceptors (Lipinski definition) is 3. The molecule has 2 aromatic heterocycles. The summed E-state index contributed by atoms with van der Waals surface area (Å²) in [7, 11) is 0. The lowest BCUT2D eigenvalue weighted by Gasteiger charge is -2.00. The molecular weight excluding hydrogens is 258 g/mol. The van der Waals surface area contributed by atoms with Gasteiger partial charge in [0.2, 0.25) is 0 Å². The Kier molecular flexibility index (Phi) is 2.64. The molecule has 0 bridgehead atoms. The van der Waals surface area contributed by atoms with Gasteiger partial charge in [-0.1, -0.05) is 0 Å². The Balaban J connectivity index is 2.35. The Hall–Kier alpha value is -1.49. The summed E-state index contributed by atoms with van der Waals surface area (Å²) in [6.45, 7) is 1.49. The second kappa shape index (κ2) is 3.94.